The van der Waals surface area contributed by atoms with Gasteiger partial charge in [0.25, 0.3) is 10.1 Å². The summed E-state index contributed by atoms with van der Waals surface area (Å²) in [6, 6.07) is 66.3. The third-order valence-corrected chi connectivity index (χ3v) is 20.3. The normalized spacial score (nSPS) is 11.7. The van der Waals surface area contributed by atoms with E-state index >= 15 is 0 Å². The molecule has 0 radical (unpaired) electrons. The number of aryl methyl sites for hydroxylation is 3. The molecule has 8 aromatic rings. The topological polar surface area (TPSA) is 186 Å². The van der Waals surface area contributed by atoms with Crippen LogP contribution >= 0.6 is 20.8 Å². The van der Waals surface area contributed by atoms with Gasteiger partial charge in [-0.15, -0.1) is 0 Å². The maximum Gasteiger partial charge on any atom is 1.00 e. The second kappa shape index (κ2) is 56.7. The van der Waals surface area contributed by atoms with Crippen molar-refractivity contribution in [2.45, 2.75) is 199 Å². The van der Waals surface area contributed by atoms with Crippen molar-refractivity contribution < 1.29 is 74.6 Å². The van der Waals surface area contributed by atoms with E-state index in [1.54, 1.807) is 24.3 Å². The number of thiocarbonyl (C=S) groups is 1. The third kappa shape index (κ3) is 42.7. The summed E-state index contributed by atoms with van der Waals surface area (Å²) in [6.45, 7) is 28.1. The summed E-state index contributed by atoms with van der Waals surface area (Å²) in [7, 11) is -1.91. The van der Waals surface area contributed by atoms with Crippen LogP contribution in [0.5, 0.6) is 5.75 Å². The fourth-order valence-electron chi connectivity index (χ4n) is 9.91. The van der Waals surface area contributed by atoms with E-state index in [1.807, 2.05) is 64.6 Å². The number of ether oxygens (including phenoxy) is 1. The molecule has 0 bridgehead atoms. The van der Waals surface area contributed by atoms with E-state index in [-0.39, 0.29) is 93.6 Å². The van der Waals surface area contributed by atoms with Crippen LogP contribution in [-0.2, 0) is 61.4 Å². The average molecular weight is 1590 g/mol. The van der Waals surface area contributed by atoms with E-state index in [9.17, 15) is 31.3 Å². The number of rotatable bonds is 21. The number of nitrogens with one attached hydrogen (secondary N) is 1. The Labute approximate surface area is 690 Å². The van der Waals surface area contributed by atoms with Gasteiger partial charge in [-0.3, -0.25) is 9.35 Å². The van der Waals surface area contributed by atoms with Crippen molar-refractivity contribution in [1.82, 2.24) is 4.90 Å². The average Bonchev–Trinajstić information content (AvgIpc) is 0.788. The quantitative estimate of drug-likeness (QED) is 0.00711. The molecule has 592 valence electrons. The van der Waals surface area contributed by atoms with Gasteiger partial charge >= 0.3 is 35.5 Å². The maximum absolute atomic E-state index is 11.3. The molecule has 0 amide bonds. The fourth-order valence-corrected chi connectivity index (χ4v) is 12.8. The molecule has 3 N–H and O–H groups in total. The van der Waals surface area contributed by atoms with Gasteiger partial charge < -0.3 is 53.9 Å². The number of benzene rings is 8. The zero-order chi connectivity index (χ0) is 75.9. The molecule has 0 saturated carbocycles. The van der Waals surface area contributed by atoms with Crippen LogP contribution in [0.25, 0.3) is 12.2 Å². The van der Waals surface area contributed by atoms with Gasteiger partial charge in [-0.05, 0) is 187 Å². The number of quaternary nitrogens is 1. The summed E-state index contributed by atoms with van der Waals surface area (Å²) in [5.41, 5.74) is 10.7. The van der Waals surface area contributed by atoms with E-state index < -0.39 is 20.2 Å². The molecule has 13 nitrogen and oxygen atoms in total. The Bertz CT molecular complexity index is 4120. The van der Waals surface area contributed by atoms with Crippen molar-refractivity contribution in [2.24, 2.45) is 10.4 Å². The molecule has 0 heterocycles. The predicted octanol–water partition coefficient (Wildman–Crippen LogP) is 17.9. The Morgan fingerprint density at radius 3 is 1.56 bits per heavy atom. The Morgan fingerprint density at radius 1 is 0.657 bits per heavy atom. The van der Waals surface area contributed by atoms with Crippen molar-refractivity contribution in [1.29, 1.82) is 0 Å². The molecule has 0 saturated heterocycles. The summed E-state index contributed by atoms with van der Waals surface area (Å²) in [6.07, 6.45) is 13.3. The zero-order valence-electron chi connectivity index (χ0n) is 63.9. The molecule has 3 atom stereocenters. The van der Waals surface area contributed by atoms with Crippen LogP contribution in [0.15, 0.2) is 215 Å². The van der Waals surface area contributed by atoms with Crippen LogP contribution in [0.3, 0.4) is 0 Å². The van der Waals surface area contributed by atoms with Gasteiger partial charge in [-0.1, -0.05) is 247 Å². The SMILES string of the molecule is C.C.C.C.C.CC(C)(C)C(=O)OCC[N+](C)(C)C.CCC(C)c1ccccc1.CCCC(CC)c1ccc(C[PH2+]c2ccccc2)cc1.CCN(CC)C(=S)[S-].CCc1ccc(N=C(Nc2ccc(CC)cc2)c2ccccc2)cc1.Cc1ccc(S(=O)(=O)[O-])cc1.O=S(=O)(O)c1ccc(O)c2c1=CCCC=2.[Na+]. The number of aliphatic imine (C=N–C) groups is 1. The number of likely N-dealkylation sites (N-methyl/N-ethyl adjacent to an activating group) is 1. The van der Waals surface area contributed by atoms with Crippen molar-refractivity contribution in [3.8, 4) is 5.75 Å². The van der Waals surface area contributed by atoms with Gasteiger partial charge in [0.15, 0.2) is 0 Å². The van der Waals surface area contributed by atoms with E-state index in [0.717, 1.165) is 77.6 Å². The maximum atomic E-state index is 11.3. The number of esters is 1. The molecule has 3 unspecified atom stereocenters. The van der Waals surface area contributed by atoms with E-state index in [1.165, 1.54) is 89.2 Å². The number of phenols is 1. The molecule has 19 heteroatoms. The number of carbonyl (C=O) groups is 1. The Hall–Kier alpha value is -6.44. The molecule has 8 aromatic carbocycles. The van der Waals surface area contributed by atoms with Crippen LogP contribution in [0.4, 0.5) is 11.4 Å². The van der Waals surface area contributed by atoms with Crippen LogP contribution in [-0.4, -0.2) is 104 Å². The largest absolute Gasteiger partial charge is 1.00 e. The number of fused-ring (bicyclic) bond motifs is 1. The minimum absolute atomic E-state index is 0. The van der Waals surface area contributed by atoms with Gasteiger partial charge in [0.05, 0.1) is 48.6 Å². The van der Waals surface area contributed by atoms with Gasteiger partial charge in [0.2, 0.25) is 0 Å². The standard InChI is InChI=1S/C23H24N2.C19H25P.C10H22NO2.C10H10O4S.C10H14.C7H8O3S.C5H11NS2.5CH4.Na/c1-3-18-10-14-21(15-11-18)24-23(20-8-6-5-7-9-20)25-22-16-12-19(4-2)13-17-22;1-3-8-17(4-2)18-13-11-16(12-14-18)15-20-19-9-6-5-7-10-19;1-10(2,3)9(12)13-8-7-11(4,5)6;11-9-5-6-10(15(12,13)14)8-4-2-1-3-7(8)9;1-3-9(2)10-7-5-4-6-8-10;1-6-2-4-7(5-3-6)11(8,9)10;1-3-6(4-2)5(7)8;;;;;;/h5-17H,3-4H2,1-2H3,(H,24,25);5-7,9-14,17,20H,3-4,8,15H2,1-2H3;7-8H2,1-6H3;3-6,11H,1-2H2,(H,12,13,14);4-9H,3H2,1-2H3;2-5H,1H3,(H,8,9,10);3-4H2,1-2H3,(H,7,8);5*1H4;/q;;+1;;;;;;;;;;+1/p-1. The third-order valence-electron chi connectivity index (χ3n) is 16.5. The number of phenolic OH excluding ortho intramolecular Hbond substituents is 1. The molecule has 0 fully saturated rings. The second-order valence-electron chi connectivity index (χ2n) is 26.7. The number of carbonyl (C=O) groups excluding carboxylic acids is 1. The smallest absolute Gasteiger partial charge is 0.744 e. The van der Waals surface area contributed by atoms with E-state index in [2.05, 4.69) is 214 Å². The molecule has 0 aromatic heterocycles. The van der Waals surface area contributed by atoms with Gasteiger partial charge in [-0.25, -0.2) is 13.4 Å². The van der Waals surface area contributed by atoms with Crippen molar-refractivity contribution >= 4 is 98.6 Å². The Kier molecular flexibility index (Phi) is 56.7. The van der Waals surface area contributed by atoms with Crippen LogP contribution in [0.2, 0.25) is 0 Å². The first-order valence-corrected chi connectivity index (χ1v) is 40.4. The number of anilines is 1. The van der Waals surface area contributed by atoms with Gasteiger partial charge in [0.1, 0.15) is 39.8 Å². The van der Waals surface area contributed by atoms with Crippen molar-refractivity contribution in [2.75, 3.05) is 52.7 Å². The molecule has 1 aliphatic rings. The summed E-state index contributed by atoms with van der Waals surface area (Å²) < 4.78 is 68.8. The number of hydrogen-bond acceptors (Lipinski definition) is 11. The number of hydrogen-bond donors (Lipinski definition) is 3. The molecule has 108 heavy (non-hydrogen) atoms. The van der Waals surface area contributed by atoms with Gasteiger partial charge in [-0.2, -0.15) is 8.42 Å². The molecule has 0 spiro atoms. The zero-order valence-corrected chi connectivity index (χ0v) is 70.3. The van der Waals surface area contributed by atoms with E-state index in [4.69, 9.17) is 39.1 Å². The first-order valence-electron chi connectivity index (χ1n) is 35.4. The monoisotopic (exact) mass is 1580 g/mol. The number of aromatic hydroxyl groups is 1. The van der Waals surface area contributed by atoms with E-state index in [0.29, 0.717) is 42.3 Å². The van der Waals surface area contributed by atoms with Crippen molar-refractivity contribution in [3.05, 3.63) is 250 Å². The van der Waals surface area contributed by atoms with Gasteiger partial charge in [0, 0.05) is 43.4 Å². The van der Waals surface area contributed by atoms with Crippen molar-refractivity contribution in [3.63, 3.8) is 0 Å². The van der Waals surface area contributed by atoms with Crippen LogP contribution in [0.1, 0.15) is 203 Å². The second-order valence-corrected chi connectivity index (χ2v) is 32.0. The molecular formula is C89H133N4NaO9PS4+. The molecule has 1 aliphatic carbocycles. The minimum Gasteiger partial charge on any atom is -0.744 e. The predicted molar refractivity (Wildman–Crippen MR) is 471 cm³/mol. The summed E-state index contributed by atoms with van der Waals surface area (Å²) in [5, 5.41) is 15.4. The molecular weight excluding hydrogens is 1450 g/mol. The number of nitrogens with zero attached hydrogens (tertiary/aromatic N) is 3. The van der Waals surface area contributed by atoms with Crippen LogP contribution < -0.4 is 50.6 Å². The number of amidine groups is 1. The first kappa shape index (κ1) is 108. The summed E-state index contributed by atoms with van der Waals surface area (Å²) in [5.74, 6) is 2.22. The first-order chi connectivity index (χ1) is 48.3. The Morgan fingerprint density at radius 2 is 1.14 bits per heavy atom. The summed E-state index contributed by atoms with van der Waals surface area (Å²) in [4.78, 5) is 17.8. The Balaban J connectivity index is -0.000000597. The van der Waals surface area contributed by atoms with Crippen LogP contribution in [0, 0.1) is 12.3 Å². The summed E-state index contributed by atoms with van der Waals surface area (Å²) >= 11 is 9.51. The minimum atomic E-state index is -4.27. The molecule has 0 aliphatic heterocycles. The fraction of sp³-hybridized carbons (Fsp3) is 0.404. The molecule has 9 rings (SSSR count).